The fourth-order valence-electron chi connectivity index (χ4n) is 6.30. The average Bonchev–Trinajstić information content (AvgIpc) is 3.36. The molecule has 0 atom stereocenters. The molecule has 1 spiro atoms. The molecule has 5 aliphatic heterocycles. The van der Waals surface area contributed by atoms with Gasteiger partial charge in [-0.1, -0.05) is 31.5 Å². The van der Waals surface area contributed by atoms with Gasteiger partial charge < -0.3 is 19.7 Å². The van der Waals surface area contributed by atoms with Crippen molar-refractivity contribution < 1.29 is 27.5 Å². The lowest BCUT2D eigenvalue weighted by atomic mass is 9.89. The van der Waals surface area contributed by atoms with Gasteiger partial charge in [-0.25, -0.2) is 12.7 Å². The van der Waals surface area contributed by atoms with Crippen LogP contribution in [0.2, 0.25) is 0 Å². The molecule has 0 aromatic heterocycles. The molecule has 1 saturated heterocycles. The molecular weight excluding hydrogens is 604 g/mol. The van der Waals surface area contributed by atoms with Gasteiger partial charge in [0, 0.05) is 44.4 Å². The largest absolute Gasteiger partial charge is 0.493 e. The number of hydrogen-bond donors (Lipinski definition) is 1. The van der Waals surface area contributed by atoms with Gasteiger partial charge >= 0.3 is 0 Å². The van der Waals surface area contributed by atoms with Crippen LogP contribution in [-0.4, -0.2) is 93.1 Å². The second kappa shape index (κ2) is 15.1. The molecule has 2 aromatic rings. The highest BCUT2D eigenvalue weighted by Gasteiger charge is 2.47. The zero-order chi connectivity index (χ0) is 32.7. The minimum absolute atomic E-state index is 0.0424. The third-order valence-corrected chi connectivity index (χ3v) is 11.3. The number of benzene rings is 2. The summed E-state index contributed by atoms with van der Waals surface area (Å²) in [5, 5.41) is 2.99. The smallest absolute Gasteiger partial charge is 0.253 e. The van der Waals surface area contributed by atoms with Crippen LogP contribution < -0.4 is 10.1 Å². The number of sulfonamides is 1. The van der Waals surface area contributed by atoms with Crippen LogP contribution in [0.3, 0.4) is 0 Å². The van der Waals surface area contributed by atoms with Crippen molar-refractivity contribution in [2.24, 2.45) is 4.99 Å². The van der Waals surface area contributed by atoms with E-state index in [1.54, 1.807) is 18.0 Å². The highest BCUT2D eigenvalue weighted by Crippen LogP contribution is 2.33. The Morgan fingerprint density at radius 3 is 2.48 bits per heavy atom. The number of nitrogens with one attached hydrogen (secondary N) is 1. The first-order valence-electron chi connectivity index (χ1n) is 16.7. The van der Waals surface area contributed by atoms with Gasteiger partial charge in [-0.3, -0.25) is 14.6 Å². The predicted molar refractivity (Wildman–Crippen MR) is 179 cm³/mol. The second-order valence-corrected chi connectivity index (χ2v) is 14.8. The Balaban J connectivity index is 1.35. The zero-order valence-electron chi connectivity index (χ0n) is 27.5. The number of amidine groups is 1. The van der Waals surface area contributed by atoms with Crippen LogP contribution in [0.15, 0.2) is 41.4 Å². The van der Waals surface area contributed by atoms with Gasteiger partial charge in [0.2, 0.25) is 10.0 Å². The highest BCUT2D eigenvalue weighted by molar-refractivity contribution is 7.89. The monoisotopic (exact) mass is 652 g/mol. The summed E-state index contributed by atoms with van der Waals surface area (Å²) >= 11 is 0. The standard InChI is InChI=1S/C35H48N4O6S/c1-4-5-9-28-11-12-29-25-31(28)45-21-8-6-7-20-44-22-19-38(3)33(40)30-13-10-27(26(2)24-30)14-23-46(42,43)39-17-15-35(16-18-39)34(41)36-32(29)37-35/h10-13,24-25H,4-9,14-23H2,1-3H3,(H,36,37,41). The molecule has 46 heavy (non-hydrogen) atoms. The van der Waals surface area contributed by atoms with Gasteiger partial charge in [-0.2, -0.15) is 0 Å². The number of carbonyl (C=O) groups excluding carboxylic acids is 2. The first-order chi connectivity index (χ1) is 22.1. The van der Waals surface area contributed by atoms with Crippen molar-refractivity contribution in [3.63, 3.8) is 0 Å². The minimum Gasteiger partial charge on any atom is -0.493 e. The third-order valence-electron chi connectivity index (χ3n) is 9.39. The van der Waals surface area contributed by atoms with Gasteiger partial charge in [-0.15, -0.1) is 0 Å². The predicted octanol–water partition coefficient (Wildman–Crippen LogP) is 4.27. The highest BCUT2D eigenvalue weighted by atomic mass is 32.2. The van der Waals surface area contributed by atoms with Crippen molar-refractivity contribution in [3.05, 3.63) is 64.2 Å². The molecule has 7 rings (SSSR count). The van der Waals surface area contributed by atoms with Gasteiger partial charge in [0.05, 0.1) is 19.0 Å². The van der Waals surface area contributed by atoms with Crippen molar-refractivity contribution in [1.82, 2.24) is 14.5 Å². The SMILES string of the molecule is CCCCc1ccc2cc1OCCCCCOCCN(C)C(=O)c1ccc(c(C)c1)CCS(=O)(=O)N1CCC3(CC1)N=C2NC3=O. The quantitative estimate of drug-likeness (QED) is 0.530. The number of piperidine rings is 1. The van der Waals surface area contributed by atoms with E-state index < -0.39 is 15.6 Å². The van der Waals surface area contributed by atoms with Gasteiger partial charge in [0.15, 0.2) is 0 Å². The number of likely N-dealkylation sites (N-methyl/N-ethyl adjacent to an activating group) is 1. The Labute approximate surface area is 273 Å². The van der Waals surface area contributed by atoms with E-state index in [-0.39, 0.29) is 30.7 Å². The van der Waals surface area contributed by atoms with Crippen LogP contribution >= 0.6 is 0 Å². The molecule has 7 bridgehead atoms. The molecule has 5 heterocycles. The number of fused-ring (bicyclic) bond motifs is 2. The Morgan fingerprint density at radius 2 is 1.72 bits per heavy atom. The zero-order valence-corrected chi connectivity index (χ0v) is 28.3. The van der Waals surface area contributed by atoms with Gasteiger partial charge in [-0.05, 0) is 93.2 Å². The molecule has 0 aliphatic carbocycles. The van der Waals surface area contributed by atoms with E-state index in [4.69, 9.17) is 14.5 Å². The van der Waals surface area contributed by atoms with Crippen LogP contribution in [0.4, 0.5) is 0 Å². The molecule has 0 unspecified atom stereocenters. The first-order valence-corrected chi connectivity index (χ1v) is 18.3. The number of amides is 2. The van der Waals surface area contributed by atoms with E-state index in [0.717, 1.165) is 66.5 Å². The summed E-state index contributed by atoms with van der Waals surface area (Å²) < 4.78 is 40.3. The lowest BCUT2D eigenvalue weighted by Crippen LogP contribution is -2.50. The second-order valence-electron chi connectivity index (χ2n) is 12.7. The van der Waals surface area contributed by atoms with E-state index in [1.165, 1.54) is 4.31 Å². The number of carbonyl (C=O) groups is 2. The molecule has 2 amide bonds. The minimum atomic E-state index is -3.55. The van der Waals surface area contributed by atoms with Crippen LogP contribution in [0.25, 0.3) is 0 Å². The maximum Gasteiger partial charge on any atom is 0.253 e. The molecule has 0 saturated carbocycles. The molecule has 5 aliphatic rings. The number of hydrogen-bond acceptors (Lipinski definition) is 7. The van der Waals surface area contributed by atoms with Crippen molar-refractivity contribution in [3.8, 4) is 5.75 Å². The lowest BCUT2D eigenvalue weighted by molar-refractivity contribution is -0.124. The van der Waals surface area contributed by atoms with E-state index in [9.17, 15) is 18.0 Å². The van der Waals surface area contributed by atoms with Crippen molar-refractivity contribution in [1.29, 1.82) is 0 Å². The normalized spacial score (nSPS) is 24.6. The molecular formula is C35H48N4O6S. The van der Waals surface area contributed by atoms with Crippen LogP contribution in [-0.2, 0) is 32.4 Å². The average molecular weight is 653 g/mol. The number of aryl methyl sites for hydroxylation is 3. The number of nitrogens with zero attached hydrogens (tertiary/aromatic N) is 3. The fraction of sp³-hybridized carbons (Fsp3) is 0.571. The number of ether oxygens (including phenoxy) is 2. The summed E-state index contributed by atoms with van der Waals surface area (Å²) in [5.74, 6) is 1.02. The molecule has 0 radical (unpaired) electrons. The molecule has 250 valence electrons. The molecule has 1 N–H and O–H groups in total. The molecule has 1 fully saturated rings. The van der Waals surface area contributed by atoms with E-state index in [2.05, 4.69) is 18.3 Å². The maximum atomic E-state index is 13.4. The number of rotatable bonds is 3. The summed E-state index contributed by atoms with van der Waals surface area (Å²) in [4.78, 5) is 32.9. The Kier molecular flexibility index (Phi) is 11.2. The van der Waals surface area contributed by atoms with E-state index in [1.807, 2.05) is 31.2 Å². The Morgan fingerprint density at radius 1 is 0.957 bits per heavy atom. The lowest BCUT2D eigenvalue weighted by Gasteiger charge is -2.34. The topological polar surface area (TPSA) is 118 Å². The molecule has 2 aromatic carbocycles. The summed E-state index contributed by atoms with van der Waals surface area (Å²) in [6.07, 6.45) is 6.79. The van der Waals surface area contributed by atoms with Crippen LogP contribution in [0.5, 0.6) is 5.75 Å². The van der Waals surface area contributed by atoms with E-state index >= 15 is 0 Å². The maximum absolute atomic E-state index is 13.4. The molecule has 11 heteroatoms. The Bertz CT molecular complexity index is 1550. The van der Waals surface area contributed by atoms with Crippen LogP contribution in [0, 0.1) is 6.92 Å². The fourth-order valence-corrected chi connectivity index (χ4v) is 7.78. The summed E-state index contributed by atoms with van der Waals surface area (Å²) in [6, 6.07) is 11.5. The van der Waals surface area contributed by atoms with Gasteiger partial charge in [0.1, 0.15) is 17.1 Å². The van der Waals surface area contributed by atoms with Crippen molar-refractivity contribution in [2.45, 2.75) is 77.2 Å². The first kappa shape index (κ1) is 34.1. The number of unbranched alkanes of at least 4 members (excludes halogenated alkanes) is 1. The van der Waals surface area contributed by atoms with Gasteiger partial charge in [0.25, 0.3) is 11.8 Å². The third kappa shape index (κ3) is 7.98. The summed E-state index contributed by atoms with van der Waals surface area (Å²) in [7, 11) is -1.79. The summed E-state index contributed by atoms with van der Waals surface area (Å²) in [6.45, 7) is 6.68. The van der Waals surface area contributed by atoms with Crippen molar-refractivity contribution in [2.75, 3.05) is 52.3 Å². The molecule has 10 nitrogen and oxygen atoms in total. The van der Waals surface area contributed by atoms with Crippen LogP contribution in [0.1, 0.15) is 84.5 Å². The van der Waals surface area contributed by atoms with E-state index in [0.29, 0.717) is 57.0 Å². The Hall–Kier alpha value is -3.28. The number of aliphatic imine (C=N–C) groups is 1. The van der Waals surface area contributed by atoms with Crippen molar-refractivity contribution >= 4 is 27.7 Å². The summed E-state index contributed by atoms with van der Waals surface area (Å²) in [5.41, 5.74) is 3.32.